The van der Waals surface area contributed by atoms with E-state index in [1.165, 1.54) is 11.1 Å². The summed E-state index contributed by atoms with van der Waals surface area (Å²) in [6, 6.07) is 19.6. The third-order valence-corrected chi connectivity index (χ3v) is 6.04. The quantitative estimate of drug-likeness (QED) is 0.310. The molecule has 4 rings (SSSR count). The maximum absolute atomic E-state index is 13.3. The van der Waals surface area contributed by atoms with Gasteiger partial charge in [0.05, 0.1) is 17.5 Å². The standard InChI is InChI=1S/C26H25BrN2O2/c1-17-15-18(2)19(3)24(16-17)31-14-6-13-29-25(20-9-11-21(27)12-10-20)28-23-8-5-4-7-22(23)26(29)30/h4-5,7-12,15-16H,6,13-14H2,1-3H3. The second-order valence-corrected chi connectivity index (χ2v) is 8.74. The molecule has 0 aliphatic rings. The molecule has 31 heavy (non-hydrogen) atoms. The predicted octanol–water partition coefficient (Wildman–Crippen LogP) is 6.22. The molecule has 0 radical (unpaired) electrons. The van der Waals surface area contributed by atoms with Crippen molar-refractivity contribution in [2.24, 2.45) is 0 Å². The fourth-order valence-corrected chi connectivity index (χ4v) is 4.01. The number of aryl methyl sites for hydroxylation is 2. The van der Waals surface area contributed by atoms with Crippen LogP contribution >= 0.6 is 15.9 Å². The molecule has 0 amide bonds. The summed E-state index contributed by atoms with van der Waals surface area (Å²) in [4.78, 5) is 18.1. The van der Waals surface area contributed by atoms with Crippen LogP contribution < -0.4 is 10.3 Å². The minimum Gasteiger partial charge on any atom is -0.493 e. The van der Waals surface area contributed by atoms with E-state index in [2.05, 4.69) is 48.8 Å². The van der Waals surface area contributed by atoms with E-state index in [1.54, 1.807) is 4.57 Å². The summed E-state index contributed by atoms with van der Waals surface area (Å²) in [5.41, 5.74) is 5.17. The van der Waals surface area contributed by atoms with Gasteiger partial charge in [-0.15, -0.1) is 0 Å². The molecule has 4 nitrogen and oxygen atoms in total. The summed E-state index contributed by atoms with van der Waals surface area (Å²) in [5, 5.41) is 0.634. The van der Waals surface area contributed by atoms with Crippen LogP contribution in [0.5, 0.6) is 5.75 Å². The number of ether oxygens (including phenoxy) is 1. The minimum atomic E-state index is -0.0221. The minimum absolute atomic E-state index is 0.0221. The van der Waals surface area contributed by atoms with Gasteiger partial charge in [0.25, 0.3) is 5.56 Å². The average Bonchev–Trinajstić information content (AvgIpc) is 2.76. The molecule has 0 aliphatic heterocycles. The lowest BCUT2D eigenvalue weighted by Crippen LogP contribution is -2.24. The van der Waals surface area contributed by atoms with Crippen molar-refractivity contribution in [3.05, 3.63) is 92.2 Å². The molecular formula is C26H25BrN2O2. The van der Waals surface area contributed by atoms with Crippen LogP contribution in [0.1, 0.15) is 23.1 Å². The first-order chi connectivity index (χ1) is 14.9. The van der Waals surface area contributed by atoms with Crippen LogP contribution in [0.15, 0.2) is 69.9 Å². The first kappa shape index (κ1) is 21.3. The maximum Gasteiger partial charge on any atom is 0.261 e. The molecule has 0 spiro atoms. The fourth-order valence-electron chi connectivity index (χ4n) is 3.75. The monoisotopic (exact) mass is 476 g/mol. The molecule has 0 bridgehead atoms. The number of benzene rings is 3. The summed E-state index contributed by atoms with van der Waals surface area (Å²) < 4.78 is 8.82. The van der Waals surface area contributed by atoms with Gasteiger partial charge in [-0.3, -0.25) is 9.36 Å². The van der Waals surface area contributed by atoms with Crippen LogP contribution in [0.2, 0.25) is 0 Å². The van der Waals surface area contributed by atoms with Gasteiger partial charge in [0.2, 0.25) is 0 Å². The third-order valence-electron chi connectivity index (χ3n) is 5.51. The van der Waals surface area contributed by atoms with Gasteiger partial charge in [-0.1, -0.05) is 46.3 Å². The van der Waals surface area contributed by atoms with Gasteiger partial charge in [0.15, 0.2) is 0 Å². The molecule has 0 fully saturated rings. The van der Waals surface area contributed by atoms with Crippen molar-refractivity contribution in [1.82, 2.24) is 9.55 Å². The number of fused-ring (bicyclic) bond motifs is 1. The average molecular weight is 477 g/mol. The van der Waals surface area contributed by atoms with Gasteiger partial charge in [-0.25, -0.2) is 4.98 Å². The molecule has 3 aromatic carbocycles. The van der Waals surface area contributed by atoms with Crippen molar-refractivity contribution < 1.29 is 4.74 Å². The normalized spacial score (nSPS) is 11.1. The van der Waals surface area contributed by atoms with Crippen LogP contribution in [0.25, 0.3) is 22.3 Å². The lowest BCUT2D eigenvalue weighted by atomic mass is 10.1. The van der Waals surface area contributed by atoms with Crippen molar-refractivity contribution in [1.29, 1.82) is 0 Å². The highest BCUT2D eigenvalue weighted by atomic mass is 79.9. The number of halogens is 1. The molecule has 1 heterocycles. The molecule has 4 aromatic rings. The van der Waals surface area contributed by atoms with Gasteiger partial charge in [-0.2, -0.15) is 0 Å². The SMILES string of the molecule is Cc1cc(C)c(C)c(OCCCn2c(-c3ccc(Br)cc3)nc3ccccc3c2=O)c1. The lowest BCUT2D eigenvalue weighted by molar-refractivity contribution is 0.299. The topological polar surface area (TPSA) is 44.1 Å². The largest absolute Gasteiger partial charge is 0.493 e. The third kappa shape index (κ3) is 4.57. The molecule has 0 aliphatic carbocycles. The van der Waals surface area contributed by atoms with E-state index < -0.39 is 0 Å². The van der Waals surface area contributed by atoms with Crippen LogP contribution in [0.3, 0.4) is 0 Å². The second-order valence-electron chi connectivity index (χ2n) is 7.82. The molecule has 158 valence electrons. The summed E-state index contributed by atoms with van der Waals surface area (Å²) in [6.07, 6.45) is 0.704. The van der Waals surface area contributed by atoms with Crippen molar-refractivity contribution in [2.75, 3.05) is 6.61 Å². The van der Waals surface area contributed by atoms with Gasteiger partial charge < -0.3 is 4.74 Å². The Labute approximate surface area is 190 Å². The number of aromatic nitrogens is 2. The van der Waals surface area contributed by atoms with E-state index in [0.29, 0.717) is 36.3 Å². The number of hydrogen-bond donors (Lipinski definition) is 0. The number of hydrogen-bond acceptors (Lipinski definition) is 3. The van der Waals surface area contributed by atoms with Crippen molar-refractivity contribution in [3.8, 4) is 17.1 Å². The molecule has 0 N–H and O–H groups in total. The Morgan fingerprint density at radius 2 is 1.74 bits per heavy atom. The molecule has 0 saturated carbocycles. The van der Waals surface area contributed by atoms with Crippen molar-refractivity contribution >= 4 is 26.8 Å². The highest BCUT2D eigenvalue weighted by molar-refractivity contribution is 9.10. The van der Waals surface area contributed by atoms with Crippen LogP contribution in [0, 0.1) is 20.8 Å². The number of rotatable bonds is 6. The predicted molar refractivity (Wildman–Crippen MR) is 130 cm³/mol. The van der Waals surface area contributed by atoms with Crippen molar-refractivity contribution in [2.45, 2.75) is 33.7 Å². The zero-order valence-electron chi connectivity index (χ0n) is 18.0. The van der Waals surface area contributed by atoms with E-state index in [9.17, 15) is 4.79 Å². The smallest absolute Gasteiger partial charge is 0.261 e. The van der Waals surface area contributed by atoms with Gasteiger partial charge in [0.1, 0.15) is 11.6 Å². The first-order valence-electron chi connectivity index (χ1n) is 10.4. The van der Waals surface area contributed by atoms with E-state index in [0.717, 1.165) is 21.3 Å². The number of para-hydroxylation sites is 1. The Balaban J connectivity index is 1.62. The first-order valence-corrected chi connectivity index (χ1v) is 11.2. The van der Waals surface area contributed by atoms with E-state index in [-0.39, 0.29) is 5.56 Å². The molecule has 0 atom stereocenters. The highest BCUT2D eigenvalue weighted by Crippen LogP contribution is 2.24. The van der Waals surface area contributed by atoms with Gasteiger partial charge in [-0.05, 0) is 74.2 Å². The molecule has 5 heteroatoms. The fraction of sp³-hybridized carbons (Fsp3) is 0.231. The zero-order chi connectivity index (χ0) is 22.0. The number of nitrogens with zero attached hydrogens (tertiary/aromatic N) is 2. The summed E-state index contributed by atoms with van der Waals surface area (Å²) in [5.74, 6) is 1.59. The molecule has 0 unspecified atom stereocenters. The Bertz CT molecular complexity index is 1290. The lowest BCUT2D eigenvalue weighted by Gasteiger charge is -2.15. The molecular weight excluding hydrogens is 452 g/mol. The molecule has 0 saturated heterocycles. The Hall–Kier alpha value is -2.92. The highest BCUT2D eigenvalue weighted by Gasteiger charge is 2.13. The van der Waals surface area contributed by atoms with Crippen molar-refractivity contribution in [3.63, 3.8) is 0 Å². The van der Waals surface area contributed by atoms with E-state index in [4.69, 9.17) is 9.72 Å². The maximum atomic E-state index is 13.3. The Kier molecular flexibility index (Phi) is 6.23. The Morgan fingerprint density at radius 1 is 1.00 bits per heavy atom. The molecule has 1 aromatic heterocycles. The summed E-state index contributed by atoms with van der Waals surface area (Å²) in [7, 11) is 0. The van der Waals surface area contributed by atoms with E-state index >= 15 is 0 Å². The Morgan fingerprint density at radius 3 is 2.52 bits per heavy atom. The van der Waals surface area contributed by atoms with Crippen LogP contribution in [0.4, 0.5) is 0 Å². The van der Waals surface area contributed by atoms with Gasteiger partial charge in [0, 0.05) is 16.6 Å². The summed E-state index contributed by atoms with van der Waals surface area (Å²) >= 11 is 3.47. The second kappa shape index (κ2) is 9.06. The van der Waals surface area contributed by atoms with E-state index in [1.807, 2.05) is 48.5 Å². The van der Waals surface area contributed by atoms with Gasteiger partial charge >= 0.3 is 0 Å². The van der Waals surface area contributed by atoms with Crippen LogP contribution in [-0.4, -0.2) is 16.2 Å². The summed E-state index contributed by atoms with van der Waals surface area (Å²) in [6.45, 7) is 7.31. The van der Waals surface area contributed by atoms with Crippen LogP contribution in [-0.2, 0) is 6.54 Å². The zero-order valence-corrected chi connectivity index (χ0v) is 19.6.